The molecular weight excluding hydrogens is 188 g/mol. The second-order valence-corrected chi connectivity index (χ2v) is 4.19. The molecular formula is C13H20O2. The molecule has 0 saturated heterocycles. The average molecular weight is 208 g/mol. The highest BCUT2D eigenvalue weighted by Gasteiger charge is 2.27. The van der Waals surface area contributed by atoms with Crippen molar-refractivity contribution in [3.8, 4) is 0 Å². The first kappa shape index (κ1) is 12.2. The molecule has 0 radical (unpaired) electrons. The molecule has 0 aliphatic heterocycles. The van der Waals surface area contributed by atoms with Crippen LogP contribution in [-0.4, -0.2) is 18.8 Å². The van der Waals surface area contributed by atoms with Crippen LogP contribution >= 0.6 is 0 Å². The van der Waals surface area contributed by atoms with Crippen LogP contribution in [-0.2, 0) is 10.3 Å². The summed E-state index contributed by atoms with van der Waals surface area (Å²) in [6.45, 7) is 6.39. The summed E-state index contributed by atoms with van der Waals surface area (Å²) in [5, 5.41) is 10.4. The van der Waals surface area contributed by atoms with Gasteiger partial charge in [0.05, 0.1) is 6.61 Å². The molecule has 0 aromatic heterocycles. The van der Waals surface area contributed by atoms with Crippen LogP contribution in [0.5, 0.6) is 0 Å². The Kier molecular flexibility index (Phi) is 3.89. The number of aryl methyl sites for hydroxylation is 2. The van der Waals surface area contributed by atoms with Gasteiger partial charge in [-0.2, -0.15) is 0 Å². The van der Waals surface area contributed by atoms with Gasteiger partial charge in [-0.3, -0.25) is 0 Å². The maximum Gasteiger partial charge on any atom is 0.113 e. The minimum Gasteiger partial charge on any atom is -0.383 e. The van der Waals surface area contributed by atoms with Crippen molar-refractivity contribution in [3.63, 3.8) is 0 Å². The molecule has 0 bridgehead atoms. The predicted molar refractivity (Wildman–Crippen MR) is 62.0 cm³/mol. The quantitative estimate of drug-likeness (QED) is 0.824. The first-order valence-electron chi connectivity index (χ1n) is 5.32. The fourth-order valence-electron chi connectivity index (χ4n) is 1.87. The van der Waals surface area contributed by atoms with Crippen LogP contribution in [0.3, 0.4) is 0 Å². The van der Waals surface area contributed by atoms with Gasteiger partial charge >= 0.3 is 0 Å². The highest BCUT2D eigenvalue weighted by Crippen LogP contribution is 2.26. The zero-order chi connectivity index (χ0) is 11.5. The minimum atomic E-state index is -0.856. The van der Waals surface area contributed by atoms with E-state index in [0.29, 0.717) is 13.0 Å². The van der Waals surface area contributed by atoms with Crippen molar-refractivity contribution in [2.24, 2.45) is 0 Å². The van der Waals surface area contributed by atoms with Crippen molar-refractivity contribution in [1.29, 1.82) is 0 Å². The highest BCUT2D eigenvalue weighted by molar-refractivity contribution is 5.32. The van der Waals surface area contributed by atoms with E-state index in [-0.39, 0.29) is 0 Å². The Hall–Kier alpha value is -0.860. The van der Waals surface area contributed by atoms with E-state index in [1.807, 2.05) is 32.9 Å². The van der Waals surface area contributed by atoms with Crippen molar-refractivity contribution in [3.05, 3.63) is 34.9 Å². The Morgan fingerprint density at radius 3 is 2.13 bits per heavy atom. The lowest BCUT2D eigenvalue weighted by Crippen LogP contribution is -2.30. The van der Waals surface area contributed by atoms with E-state index < -0.39 is 5.60 Å². The van der Waals surface area contributed by atoms with Gasteiger partial charge in [0, 0.05) is 7.11 Å². The molecule has 0 amide bonds. The molecule has 1 rings (SSSR count). The molecule has 2 nitrogen and oxygen atoms in total. The third kappa shape index (κ3) is 2.80. The molecule has 0 heterocycles. The van der Waals surface area contributed by atoms with Gasteiger partial charge in [-0.1, -0.05) is 36.2 Å². The van der Waals surface area contributed by atoms with Gasteiger partial charge < -0.3 is 9.84 Å². The van der Waals surface area contributed by atoms with E-state index in [9.17, 15) is 5.11 Å². The van der Waals surface area contributed by atoms with Crippen LogP contribution in [0.25, 0.3) is 0 Å². The van der Waals surface area contributed by atoms with Gasteiger partial charge in [0.15, 0.2) is 0 Å². The van der Waals surface area contributed by atoms with E-state index in [2.05, 4.69) is 6.07 Å². The van der Waals surface area contributed by atoms with Crippen molar-refractivity contribution in [2.45, 2.75) is 32.8 Å². The standard InChI is InChI=1S/C13H20O2/c1-5-13(14,9-15-4)12-7-10(2)6-11(3)8-12/h6-8,14H,5,9H2,1-4H3. The van der Waals surface area contributed by atoms with Gasteiger partial charge in [0.1, 0.15) is 5.60 Å². The molecule has 0 saturated carbocycles. The minimum absolute atomic E-state index is 0.340. The van der Waals surface area contributed by atoms with Crippen molar-refractivity contribution in [2.75, 3.05) is 13.7 Å². The van der Waals surface area contributed by atoms with E-state index in [4.69, 9.17) is 4.74 Å². The number of methoxy groups -OCH3 is 1. The summed E-state index contributed by atoms with van der Waals surface area (Å²) in [5.74, 6) is 0. The average Bonchev–Trinajstić information content (AvgIpc) is 2.16. The summed E-state index contributed by atoms with van der Waals surface area (Å²) in [6, 6.07) is 6.15. The molecule has 0 spiro atoms. The monoisotopic (exact) mass is 208 g/mol. The molecule has 0 aliphatic carbocycles. The zero-order valence-corrected chi connectivity index (χ0v) is 10.0. The number of aliphatic hydroxyl groups is 1. The van der Waals surface area contributed by atoms with E-state index in [1.54, 1.807) is 7.11 Å². The summed E-state index contributed by atoms with van der Waals surface area (Å²) >= 11 is 0. The van der Waals surface area contributed by atoms with Gasteiger partial charge in [0.25, 0.3) is 0 Å². The Labute approximate surface area is 91.9 Å². The van der Waals surface area contributed by atoms with Crippen molar-refractivity contribution in [1.82, 2.24) is 0 Å². The second kappa shape index (κ2) is 4.77. The Balaban J connectivity index is 3.11. The van der Waals surface area contributed by atoms with Gasteiger partial charge in [-0.05, 0) is 25.8 Å². The smallest absolute Gasteiger partial charge is 0.113 e. The number of hydrogen-bond acceptors (Lipinski definition) is 2. The normalized spacial score (nSPS) is 15.0. The zero-order valence-electron chi connectivity index (χ0n) is 10.0. The fraction of sp³-hybridized carbons (Fsp3) is 0.538. The molecule has 84 valence electrons. The van der Waals surface area contributed by atoms with Crippen LogP contribution in [0.2, 0.25) is 0 Å². The lowest BCUT2D eigenvalue weighted by molar-refractivity contribution is -0.0387. The largest absolute Gasteiger partial charge is 0.383 e. The van der Waals surface area contributed by atoms with Gasteiger partial charge in [-0.25, -0.2) is 0 Å². The van der Waals surface area contributed by atoms with Gasteiger partial charge in [0.2, 0.25) is 0 Å². The topological polar surface area (TPSA) is 29.5 Å². The Morgan fingerprint density at radius 1 is 1.20 bits per heavy atom. The number of rotatable bonds is 4. The summed E-state index contributed by atoms with van der Waals surface area (Å²) in [7, 11) is 1.61. The highest BCUT2D eigenvalue weighted by atomic mass is 16.5. The molecule has 1 unspecified atom stereocenters. The van der Waals surface area contributed by atoms with Crippen molar-refractivity contribution >= 4 is 0 Å². The summed E-state index contributed by atoms with van der Waals surface area (Å²) < 4.78 is 5.08. The summed E-state index contributed by atoms with van der Waals surface area (Å²) in [6.07, 6.45) is 0.656. The fourth-order valence-corrected chi connectivity index (χ4v) is 1.87. The van der Waals surface area contributed by atoms with Crippen LogP contribution in [0.15, 0.2) is 18.2 Å². The lowest BCUT2D eigenvalue weighted by Gasteiger charge is -2.27. The molecule has 15 heavy (non-hydrogen) atoms. The number of ether oxygens (including phenoxy) is 1. The predicted octanol–water partition coefficient (Wildman–Crippen LogP) is 2.55. The third-order valence-electron chi connectivity index (χ3n) is 2.73. The van der Waals surface area contributed by atoms with Crippen LogP contribution in [0.4, 0.5) is 0 Å². The number of hydrogen-bond donors (Lipinski definition) is 1. The van der Waals surface area contributed by atoms with Gasteiger partial charge in [-0.15, -0.1) is 0 Å². The Morgan fingerprint density at radius 2 is 1.73 bits per heavy atom. The molecule has 0 fully saturated rings. The second-order valence-electron chi connectivity index (χ2n) is 4.19. The molecule has 1 aromatic carbocycles. The maximum atomic E-state index is 10.4. The van der Waals surface area contributed by atoms with Crippen molar-refractivity contribution < 1.29 is 9.84 Å². The van der Waals surface area contributed by atoms with E-state index in [1.165, 1.54) is 11.1 Å². The summed E-state index contributed by atoms with van der Waals surface area (Å²) in [5.41, 5.74) is 2.44. The molecule has 1 N–H and O–H groups in total. The molecule has 0 aliphatic rings. The summed E-state index contributed by atoms with van der Waals surface area (Å²) in [4.78, 5) is 0. The van der Waals surface area contributed by atoms with Crippen LogP contribution in [0, 0.1) is 13.8 Å². The lowest BCUT2D eigenvalue weighted by atomic mass is 9.89. The maximum absolute atomic E-state index is 10.4. The van der Waals surface area contributed by atoms with Crippen LogP contribution in [0.1, 0.15) is 30.0 Å². The first-order chi connectivity index (χ1) is 7.01. The first-order valence-corrected chi connectivity index (χ1v) is 5.32. The van der Waals surface area contributed by atoms with E-state index in [0.717, 1.165) is 5.56 Å². The molecule has 1 atom stereocenters. The molecule has 1 aromatic rings. The molecule has 2 heteroatoms. The number of benzene rings is 1. The third-order valence-corrected chi connectivity index (χ3v) is 2.73. The Bertz CT molecular complexity index is 313. The van der Waals surface area contributed by atoms with E-state index >= 15 is 0 Å². The van der Waals surface area contributed by atoms with Crippen LogP contribution < -0.4 is 0 Å². The SMILES string of the molecule is CCC(O)(COC)c1cc(C)cc(C)c1.